The van der Waals surface area contributed by atoms with Gasteiger partial charge in [0.05, 0.1) is 25.9 Å². The standard InChI is InChI=1S/C22H25NO5/c1-3-28-20(24)9-6-14-22(26)18-7-4-5-8-19(18)23(21(22)25)15-16-10-12-17(27-2)13-11-16/h4-5,7-8,10-13,26H,3,6,9,14-15H2,1-2H3/t22-/m1/s1. The fourth-order valence-electron chi connectivity index (χ4n) is 3.54. The molecule has 0 fully saturated rings. The van der Waals surface area contributed by atoms with E-state index in [0.717, 1.165) is 11.3 Å². The molecule has 6 nitrogen and oxygen atoms in total. The maximum Gasteiger partial charge on any atom is 0.305 e. The molecule has 0 bridgehead atoms. The first-order chi connectivity index (χ1) is 13.5. The van der Waals surface area contributed by atoms with Crippen LogP contribution in [0.25, 0.3) is 0 Å². The van der Waals surface area contributed by atoms with Gasteiger partial charge in [-0.25, -0.2) is 0 Å². The third-order valence-corrected chi connectivity index (χ3v) is 4.96. The maximum absolute atomic E-state index is 13.1. The lowest BCUT2D eigenvalue weighted by Crippen LogP contribution is -2.40. The summed E-state index contributed by atoms with van der Waals surface area (Å²) in [5, 5.41) is 11.2. The molecule has 1 heterocycles. The van der Waals surface area contributed by atoms with Crippen molar-refractivity contribution in [2.75, 3.05) is 18.6 Å². The Labute approximate surface area is 164 Å². The first-order valence-electron chi connectivity index (χ1n) is 9.42. The van der Waals surface area contributed by atoms with Crippen molar-refractivity contribution in [1.82, 2.24) is 0 Å². The number of carbonyl (C=O) groups excluding carboxylic acids is 2. The van der Waals surface area contributed by atoms with E-state index in [2.05, 4.69) is 0 Å². The first-order valence-corrected chi connectivity index (χ1v) is 9.42. The van der Waals surface area contributed by atoms with E-state index in [1.54, 1.807) is 31.1 Å². The molecule has 0 aromatic heterocycles. The zero-order valence-corrected chi connectivity index (χ0v) is 16.2. The van der Waals surface area contributed by atoms with Crippen LogP contribution in [0.1, 0.15) is 37.3 Å². The Kier molecular flexibility index (Phi) is 5.99. The number of ether oxygens (including phenoxy) is 2. The molecule has 1 amide bonds. The van der Waals surface area contributed by atoms with Gasteiger partial charge in [-0.15, -0.1) is 0 Å². The van der Waals surface area contributed by atoms with Crippen molar-refractivity contribution in [3.05, 3.63) is 59.7 Å². The molecule has 28 heavy (non-hydrogen) atoms. The van der Waals surface area contributed by atoms with Crippen LogP contribution in [0, 0.1) is 0 Å². The predicted molar refractivity (Wildman–Crippen MR) is 105 cm³/mol. The highest BCUT2D eigenvalue weighted by Gasteiger charge is 2.49. The summed E-state index contributed by atoms with van der Waals surface area (Å²) in [6.07, 6.45) is 0.705. The summed E-state index contributed by atoms with van der Waals surface area (Å²) in [5.74, 6) is 0.0562. The highest BCUT2D eigenvalue weighted by Crippen LogP contribution is 2.43. The van der Waals surface area contributed by atoms with Crippen LogP contribution in [0.4, 0.5) is 5.69 Å². The van der Waals surface area contributed by atoms with Gasteiger partial charge in [0.25, 0.3) is 5.91 Å². The smallest absolute Gasteiger partial charge is 0.305 e. The second-order valence-electron chi connectivity index (χ2n) is 6.78. The largest absolute Gasteiger partial charge is 0.497 e. The lowest BCUT2D eigenvalue weighted by molar-refractivity contribution is -0.144. The van der Waals surface area contributed by atoms with E-state index in [1.165, 1.54) is 0 Å². The highest BCUT2D eigenvalue weighted by atomic mass is 16.5. The van der Waals surface area contributed by atoms with Gasteiger partial charge in [0, 0.05) is 12.0 Å². The van der Waals surface area contributed by atoms with Crippen LogP contribution in [0.3, 0.4) is 0 Å². The summed E-state index contributed by atoms with van der Waals surface area (Å²) in [6.45, 7) is 2.42. The van der Waals surface area contributed by atoms with Crippen molar-refractivity contribution in [3.63, 3.8) is 0 Å². The third kappa shape index (κ3) is 3.87. The Morgan fingerprint density at radius 1 is 1.14 bits per heavy atom. The number of carbonyl (C=O) groups is 2. The Bertz CT molecular complexity index is 848. The number of hydrogen-bond acceptors (Lipinski definition) is 5. The Balaban J connectivity index is 1.79. The minimum Gasteiger partial charge on any atom is -0.497 e. The van der Waals surface area contributed by atoms with Gasteiger partial charge < -0.3 is 19.5 Å². The van der Waals surface area contributed by atoms with Gasteiger partial charge >= 0.3 is 5.97 Å². The maximum atomic E-state index is 13.1. The summed E-state index contributed by atoms with van der Waals surface area (Å²) in [7, 11) is 1.60. The number of benzene rings is 2. The number of rotatable bonds is 8. The molecule has 0 spiro atoms. The van der Waals surface area contributed by atoms with Gasteiger partial charge in [0.2, 0.25) is 0 Å². The van der Waals surface area contributed by atoms with Crippen molar-refractivity contribution >= 4 is 17.6 Å². The monoisotopic (exact) mass is 383 g/mol. The molecule has 1 N–H and O–H groups in total. The number of esters is 1. The van der Waals surface area contributed by atoms with Gasteiger partial charge in [0.1, 0.15) is 5.75 Å². The summed E-state index contributed by atoms with van der Waals surface area (Å²) in [5.41, 5.74) is 0.578. The van der Waals surface area contributed by atoms with Crippen molar-refractivity contribution in [2.24, 2.45) is 0 Å². The molecular formula is C22H25NO5. The number of anilines is 1. The Morgan fingerprint density at radius 2 is 1.86 bits per heavy atom. The summed E-state index contributed by atoms with van der Waals surface area (Å²) >= 11 is 0. The lowest BCUT2D eigenvalue weighted by atomic mass is 9.90. The third-order valence-electron chi connectivity index (χ3n) is 4.96. The van der Waals surface area contributed by atoms with E-state index in [-0.39, 0.29) is 24.7 Å². The van der Waals surface area contributed by atoms with Crippen molar-refractivity contribution in [2.45, 2.75) is 38.3 Å². The van der Waals surface area contributed by atoms with Crippen LogP contribution in [0.15, 0.2) is 48.5 Å². The molecule has 1 aliphatic heterocycles. The molecule has 148 valence electrons. The quantitative estimate of drug-likeness (QED) is 0.709. The zero-order chi connectivity index (χ0) is 20.1. The summed E-state index contributed by atoms with van der Waals surface area (Å²) < 4.78 is 10.1. The number of amides is 1. The van der Waals surface area contributed by atoms with Crippen molar-refractivity contribution < 1.29 is 24.2 Å². The molecule has 0 radical (unpaired) electrons. The highest BCUT2D eigenvalue weighted by molar-refractivity contribution is 6.06. The van der Waals surface area contributed by atoms with E-state index in [4.69, 9.17) is 9.47 Å². The lowest BCUT2D eigenvalue weighted by Gasteiger charge is -2.23. The van der Waals surface area contributed by atoms with Crippen LogP contribution < -0.4 is 9.64 Å². The number of methoxy groups -OCH3 is 1. The second-order valence-corrected chi connectivity index (χ2v) is 6.78. The zero-order valence-electron chi connectivity index (χ0n) is 16.2. The van der Waals surface area contributed by atoms with Gasteiger partial charge in [-0.2, -0.15) is 0 Å². The van der Waals surface area contributed by atoms with E-state index < -0.39 is 5.60 Å². The minimum atomic E-state index is -1.63. The molecule has 1 atom stereocenters. The molecule has 0 aliphatic carbocycles. The Hall–Kier alpha value is -2.86. The van der Waals surface area contributed by atoms with Crippen LogP contribution in [-0.4, -0.2) is 30.7 Å². The van der Waals surface area contributed by atoms with Gasteiger partial charge in [-0.1, -0.05) is 30.3 Å². The van der Waals surface area contributed by atoms with Crippen LogP contribution in [0.2, 0.25) is 0 Å². The van der Waals surface area contributed by atoms with Gasteiger partial charge in [-0.05, 0) is 43.5 Å². The number of nitrogens with zero attached hydrogens (tertiary/aromatic N) is 1. The molecule has 6 heteroatoms. The van der Waals surface area contributed by atoms with Gasteiger partial charge in [-0.3, -0.25) is 9.59 Å². The van der Waals surface area contributed by atoms with Crippen LogP contribution in [0.5, 0.6) is 5.75 Å². The molecule has 1 aliphatic rings. The molecule has 2 aromatic carbocycles. The normalized spacial score (nSPS) is 18.1. The molecule has 0 saturated carbocycles. The number of para-hydroxylation sites is 1. The van der Waals surface area contributed by atoms with E-state index in [0.29, 0.717) is 30.8 Å². The van der Waals surface area contributed by atoms with Crippen molar-refractivity contribution in [1.29, 1.82) is 0 Å². The van der Waals surface area contributed by atoms with Crippen molar-refractivity contribution in [3.8, 4) is 5.75 Å². The summed E-state index contributed by atoms with van der Waals surface area (Å²) in [4.78, 5) is 26.3. The SMILES string of the molecule is CCOC(=O)CCC[C@]1(O)C(=O)N(Cc2ccc(OC)cc2)c2ccccc21. The average Bonchev–Trinajstić information content (AvgIpc) is 2.91. The van der Waals surface area contributed by atoms with E-state index in [1.807, 2.05) is 36.4 Å². The van der Waals surface area contributed by atoms with E-state index >= 15 is 0 Å². The fraction of sp³-hybridized carbons (Fsp3) is 0.364. The molecule has 0 saturated heterocycles. The molecule has 2 aromatic rings. The van der Waals surface area contributed by atoms with Gasteiger partial charge in [0.15, 0.2) is 5.60 Å². The number of aliphatic hydroxyl groups is 1. The Morgan fingerprint density at radius 3 is 2.54 bits per heavy atom. The number of hydrogen-bond donors (Lipinski definition) is 1. The second kappa shape index (κ2) is 8.44. The fourth-order valence-corrected chi connectivity index (χ4v) is 3.54. The molecule has 0 unspecified atom stereocenters. The van der Waals surface area contributed by atoms with Crippen LogP contribution in [-0.2, 0) is 26.5 Å². The average molecular weight is 383 g/mol. The number of fused-ring (bicyclic) bond motifs is 1. The predicted octanol–water partition coefficient (Wildman–Crippen LogP) is 3.16. The first kappa shape index (κ1) is 19.9. The topological polar surface area (TPSA) is 76.1 Å². The molecule has 3 rings (SSSR count). The summed E-state index contributed by atoms with van der Waals surface area (Å²) in [6, 6.07) is 14.7. The van der Waals surface area contributed by atoms with Crippen LogP contribution >= 0.6 is 0 Å². The van der Waals surface area contributed by atoms with E-state index in [9.17, 15) is 14.7 Å². The minimum absolute atomic E-state index is 0.167. The molecular weight excluding hydrogens is 358 g/mol.